The van der Waals surface area contributed by atoms with Crippen molar-refractivity contribution < 1.29 is 4.74 Å². The number of rotatable bonds is 10. The third-order valence-corrected chi connectivity index (χ3v) is 8.55. The van der Waals surface area contributed by atoms with Crippen LogP contribution < -0.4 is 10.2 Å². The van der Waals surface area contributed by atoms with Gasteiger partial charge >= 0.3 is 0 Å². The lowest BCUT2D eigenvalue weighted by molar-refractivity contribution is 0.0365. The largest absolute Gasteiger partial charge is 0.379 e. The zero-order valence-electron chi connectivity index (χ0n) is 23.8. The second-order valence-electron chi connectivity index (χ2n) is 10.5. The van der Waals surface area contributed by atoms with Gasteiger partial charge in [0.1, 0.15) is 0 Å². The van der Waals surface area contributed by atoms with Crippen LogP contribution in [0.15, 0.2) is 54.7 Å². The molecule has 1 N–H and O–H groups in total. The summed E-state index contributed by atoms with van der Waals surface area (Å²) >= 11 is 5.94. The SMILES string of the molecule is CCN(CC)c1ccc(-n2c(C)cc([C@@H]3[C@H](c4ccccn4)NC(=S)N3CCCN3CCOCC3)c2C)cc1. The second kappa shape index (κ2) is 12.5. The monoisotopic (exact) mass is 546 g/mol. The standard InChI is InChI=1S/C31H42N6OS/c1-5-35(6-2)25-11-13-26(14-12-25)37-23(3)22-27(24(37)4)30-29(28-10-7-8-15-32-28)33-31(39)36(30)17-9-16-34-18-20-38-21-19-34/h7-8,10-15,22,29-30H,5-6,9,16-21H2,1-4H3,(H,33,39)/t29-,30+/m0/s1. The first kappa shape index (κ1) is 27.6. The van der Waals surface area contributed by atoms with Gasteiger partial charge in [-0.05, 0) is 94.4 Å². The molecular formula is C31H42N6OS. The molecule has 208 valence electrons. The highest BCUT2D eigenvalue weighted by Crippen LogP contribution is 2.41. The van der Waals surface area contributed by atoms with Crippen LogP contribution in [0.4, 0.5) is 5.69 Å². The minimum Gasteiger partial charge on any atom is -0.379 e. The van der Waals surface area contributed by atoms with Crippen molar-refractivity contribution in [1.29, 1.82) is 0 Å². The van der Waals surface area contributed by atoms with Gasteiger partial charge in [0.05, 0.1) is 31.0 Å². The minimum absolute atomic E-state index is 0.000999. The van der Waals surface area contributed by atoms with Crippen LogP contribution in [0.25, 0.3) is 5.69 Å². The van der Waals surface area contributed by atoms with Gasteiger partial charge in [0.2, 0.25) is 0 Å². The van der Waals surface area contributed by atoms with Crippen LogP contribution in [0.1, 0.15) is 55.0 Å². The van der Waals surface area contributed by atoms with Crippen molar-refractivity contribution in [1.82, 2.24) is 24.7 Å². The van der Waals surface area contributed by atoms with E-state index in [1.165, 1.54) is 28.3 Å². The highest BCUT2D eigenvalue weighted by molar-refractivity contribution is 7.80. The molecule has 5 rings (SSSR count). The molecule has 2 aliphatic heterocycles. The smallest absolute Gasteiger partial charge is 0.170 e. The topological polar surface area (TPSA) is 48.8 Å². The molecule has 3 aromatic rings. The van der Waals surface area contributed by atoms with E-state index >= 15 is 0 Å². The molecule has 4 heterocycles. The molecule has 0 radical (unpaired) electrons. The summed E-state index contributed by atoms with van der Waals surface area (Å²) in [6.45, 7) is 16.5. The van der Waals surface area contributed by atoms with Gasteiger partial charge in [-0.15, -0.1) is 0 Å². The average Bonchev–Trinajstić information content (AvgIpc) is 3.45. The number of benzene rings is 1. The van der Waals surface area contributed by atoms with E-state index in [1.807, 2.05) is 12.3 Å². The van der Waals surface area contributed by atoms with E-state index in [-0.39, 0.29) is 12.1 Å². The lowest BCUT2D eigenvalue weighted by Crippen LogP contribution is -2.39. The first-order valence-electron chi connectivity index (χ1n) is 14.3. The summed E-state index contributed by atoms with van der Waals surface area (Å²) in [6.07, 6.45) is 2.93. The first-order valence-corrected chi connectivity index (χ1v) is 14.7. The van der Waals surface area contributed by atoms with Crippen LogP contribution in [0.3, 0.4) is 0 Å². The number of ether oxygens (including phenoxy) is 1. The van der Waals surface area contributed by atoms with Crippen LogP contribution in [0.2, 0.25) is 0 Å². The quantitative estimate of drug-likeness (QED) is 0.358. The number of nitrogens with zero attached hydrogens (tertiary/aromatic N) is 5. The van der Waals surface area contributed by atoms with Crippen LogP contribution in [-0.4, -0.2) is 76.9 Å². The minimum atomic E-state index is 0.000999. The molecule has 0 spiro atoms. The van der Waals surface area contributed by atoms with Crippen molar-refractivity contribution in [2.45, 2.75) is 46.2 Å². The summed E-state index contributed by atoms with van der Waals surface area (Å²) < 4.78 is 7.91. The average molecular weight is 547 g/mol. The third kappa shape index (κ3) is 5.83. The Kier molecular flexibility index (Phi) is 8.85. The fraction of sp³-hybridized carbons (Fsp3) is 0.484. The molecule has 2 aromatic heterocycles. The van der Waals surface area contributed by atoms with Crippen molar-refractivity contribution in [3.63, 3.8) is 0 Å². The number of morpholine rings is 1. The summed E-state index contributed by atoms with van der Waals surface area (Å²) in [5.74, 6) is 0. The number of thiocarbonyl (C=S) groups is 1. The first-order chi connectivity index (χ1) is 19.0. The van der Waals surface area contributed by atoms with E-state index in [4.69, 9.17) is 21.9 Å². The molecule has 1 aromatic carbocycles. The maximum atomic E-state index is 5.94. The molecule has 0 bridgehead atoms. The fourth-order valence-corrected chi connectivity index (χ4v) is 6.49. The predicted molar refractivity (Wildman–Crippen MR) is 163 cm³/mol. The zero-order chi connectivity index (χ0) is 27.4. The molecule has 0 aliphatic carbocycles. The molecule has 2 atom stereocenters. The number of nitrogens with one attached hydrogen (secondary N) is 1. The molecule has 7 nitrogen and oxygen atoms in total. The van der Waals surface area contributed by atoms with E-state index in [0.29, 0.717) is 0 Å². The summed E-state index contributed by atoms with van der Waals surface area (Å²) in [6, 6.07) is 17.5. The van der Waals surface area contributed by atoms with Crippen LogP contribution in [-0.2, 0) is 4.74 Å². The highest BCUT2D eigenvalue weighted by atomic mass is 32.1. The van der Waals surface area contributed by atoms with E-state index < -0.39 is 0 Å². The van der Waals surface area contributed by atoms with Gasteiger partial charge in [0.15, 0.2) is 5.11 Å². The van der Waals surface area contributed by atoms with Gasteiger partial charge in [-0.25, -0.2) is 0 Å². The summed E-state index contributed by atoms with van der Waals surface area (Å²) in [7, 11) is 0. The molecule has 0 amide bonds. The molecule has 0 saturated carbocycles. The molecular weight excluding hydrogens is 504 g/mol. The third-order valence-electron chi connectivity index (χ3n) is 8.20. The summed E-state index contributed by atoms with van der Waals surface area (Å²) in [4.78, 5) is 12.0. The maximum absolute atomic E-state index is 5.94. The van der Waals surface area contributed by atoms with Gasteiger partial charge in [-0.1, -0.05) is 6.07 Å². The molecule has 2 saturated heterocycles. The van der Waals surface area contributed by atoms with Crippen LogP contribution >= 0.6 is 12.2 Å². The Bertz CT molecular complexity index is 1230. The Morgan fingerprint density at radius 1 is 1.03 bits per heavy atom. The van der Waals surface area contributed by atoms with E-state index in [0.717, 1.165) is 69.7 Å². The maximum Gasteiger partial charge on any atom is 0.170 e. The molecule has 39 heavy (non-hydrogen) atoms. The lowest BCUT2D eigenvalue weighted by Gasteiger charge is -2.30. The van der Waals surface area contributed by atoms with Crippen LogP contribution in [0, 0.1) is 13.8 Å². The number of anilines is 1. The van der Waals surface area contributed by atoms with E-state index in [2.05, 4.69) is 94.7 Å². The Morgan fingerprint density at radius 3 is 2.44 bits per heavy atom. The number of aromatic nitrogens is 2. The van der Waals surface area contributed by atoms with Crippen molar-refractivity contribution in [3.05, 3.63) is 77.4 Å². The normalized spacial score (nSPS) is 19.9. The number of hydrogen-bond acceptors (Lipinski definition) is 5. The highest BCUT2D eigenvalue weighted by Gasteiger charge is 2.41. The number of pyridine rings is 1. The van der Waals surface area contributed by atoms with Gasteiger partial charge in [0, 0.05) is 68.2 Å². The van der Waals surface area contributed by atoms with Gasteiger partial charge in [0.25, 0.3) is 0 Å². The Hall–Kier alpha value is -2.94. The second-order valence-corrected chi connectivity index (χ2v) is 10.9. The molecule has 2 fully saturated rings. The molecule has 8 heteroatoms. The Labute approximate surface area is 238 Å². The van der Waals surface area contributed by atoms with Crippen LogP contribution in [0.5, 0.6) is 0 Å². The molecule has 0 unspecified atom stereocenters. The zero-order valence-corrected chi connectivity index (χ0v) is 24.6. The van der Waals surface area contributed by atoms with E-state index in [9.17, 15) is 0 Å². The predicted octanol–water partition coefficient (Wildman–Crippen LogP) is 5.03. The number of aryl methyl sites for hydroxylation is 1. The Balaban J connectivity index is 1.45. The fourth-order valence-electron chi connectivity index (χ4n) is 6.16. The van der Waals surface area contributed by atoms with E-state index in [1.54, 1.807) is 0 Å². The molecule has 2 aliphatic rings. The summed E-state index contributed by atoms with van der Waals surface area (Å²) in [5.41, 5.74) is 7.25. The van der Waals surface area contributed by atoms with Crippen molar-refractivity contribution >= 4 is 23.0 Å². The van der Waals surface area contributed by atoms with Gasteiger partial charge < -0.3 is 24.4 Å². The lowest BCUT2D eigenvalue weighted by atomic mass is 9.96. The Morgan fingerprint density at radius 2 is 1.77 bits per heavy atom. The van der Waals surface area contributed by atoms with Gasteiger partial charge in [-0.3, -0.25) is 9.88 Å². The van der Waals surface area contributed by atoms with Crippen molar-refractivity contribution in [2.75, 3.05) is 57.4 Å². The van der Waals surface area contributed by atoms with Gasteiger partial charge in [-0.2, -0.15) is 0 Å². The number of hydrogen-bond donors (Lipinski definition) is 1. The summed E-state index contributed by atoms with van der Waals surface area (Å²) in [5, 5.41) is 4.44. The van der Waals surface area contributed by atoms with Crippen molar-refractivity contribution in [2.24, 2.45) is 0 Å². The van der Waals surface area contributed by atoms with Crippen molar-refractivity contribution in [3.8, 4) is 5.69 Å².